The average molecular weight is 339 g/mol. The number of para-hydroxylation sites is 1. The van der Waals surface area contributed by atoms with Crippen molar-refractivity contribution in [3.63, 3.8) is 0 Å². The van der Waals surface area contributed by atoms with Crippen LogP contribution >= 0.6 is 0 Å². The van der Waals surface area contributed by atoms with Gasteiger partial charge in [0.25, 0.3) is 5.91 Å². The Balaban J connectivity index is 1.91. The van der Waals surface area contributed by atoms with Crippen LogP contribution in [-0.4, -0.2) is 24.1 Å². The Hall–Kier alpha value is -3.61. The van der Waals surface area contributed by atoms with Crippen LogP contribution in [0, 0.1) is 0 Å². The maximum absolute atomic E-state index is 12.3. The van der Waals surface area contributed by atoms with Crippen molar-refractivity contribution < 1.29 is 23.8 Å². The van der Waals surface area contributed by atoms with Crippen molar-refractivity contribution in [2.45, 2.75) is 0 Å². The van der Waals surface area contributed by atoms with Gasteiger partial charge in [0, 0.05) is 5.39 Å². The highest BCUT2D eigenvalue weighted by atomic mass is 16.5. The summed E-state index contributed by atoms with van der Waals surface area (Å²) in [6.45, 7) is 0. The van der Waals surface area contributed by atoms with Gasteiger partial charge in [0.1, 0.15) is 16.9 Å². The number of carbonyl (C=O) groups is 2. The lowest BCUT2D eigenvalue weighted by molar-refractivity contribution is 0.0600. The quantitative estimate of drug-likeness (QED) is 0.431. The number of amides is 1. The van der Waals surface area contributed by atoms with E-state index in [1.54, 1.807) is 24.3 Å². The largest absolute Gasteiger partial charge is 0.506 e. The molecule has 0 saturated heterocycles. The van der Waals surface area contributed by atoms with E-state index in [-0.39, 0.29) is 22.6 Å². The van der Waals surface area contributed by atoms with Crippen molar-refractivity contribution >= 4 is 28.5 Å². The van der Waals surface area contributed by atoms with E-state index >= 15 is 0 Å². The normalized spacial score (nSPS) is 10.4. The predicted octanol–water partition coefficient (Wildman–Crippen LogP) is 2.54. The van der Waals surface area contributed by atoms with Gasteiger partial charge in [-0.05, 0) is 30.3 Å². The second-order valence-corrected chi connectivity index (χ2v) is 5.16. The van der Waals surface area contributed by atoms with E-state index in [0.717, 1.165) is 6.07 Å². The molecule has 0 aliphatic rings. The monoisotopic (exact) mass is 339 g/mol. The molecule has 0 radical (unpaired) electrons. The molecule has 0 spiro atoms. The Morgan fingerprint density at radius 2 is 1.88 bits per heavy atom. The summed E-state index contributed by atoms with van der Waals surface area (Å²) in [5, 5.41) is 13.0. The summed E-state index contributed by atoms with van der Waals surface area (Å²) in [4.78, 5) is 35.7. The molecule has 7 nitrogen and oxygen atoms in total. The molecule has 7 heteroatoms. The highest BCUT2D eigenvalue weighted by molar-refractivity contribution is 6.06. The topological polar surface area (TPSA) is 106 Å². The van der Waals surface area contributed by atoms with E-state index in [0.29, 0.717) is 11.0 Å². The first-order valence-electron chi connectivity index (χ1n) is 7.25. The van der Waals surface area contributed by atoms with Crippen molar-refractivity contribution in [1.82, 2.24) is 0 Å². The van der Waals surface area contributed by atoms with Gasteiger partial charge in [0.15, 0.2) is 0 Å². The summed E-state index contributed by atoms with van der Waals surface area (Å²) in [6.07, 6.45) is 0. The highest BCUT2D eigenvalue weighted by Gasteiger charge is 2.16. The molecule has 2 N–H and O–H groups in total. The summed E-state index contributed by atoms with van der Waals surface area (Å²) in [6, 6.07) is 12.1. The number of ether oxygens (including phenoxy) is 1. The van der Waals surface area contributed by atoms with Gasteiger partial charge in [-0.2, -0.15) is 0 Å². The minimum Gasteiger partial charge on any atom is -0.506 e. The molecule has 0 aliphatic carbocycles. The molecule has 1 amide bonds. The summed E-state index contributed by atoms with van der Waals surface area (Å²) in [5.74, 6) is -1.69. The first-order valence-corrected chi connectivity index (χ1v) is 7.25. The van der Waals surface area contributed by atoms with Crippen molar-refractivity contribution in [2.24, 2.45) is 0 Å². The number of phenolic OH excluding ortho intramolecular Hbond substituents is 1. The van der Waals surface area contributed by atoms with Crippen LogP contribution in [0.5, 0.6) is 5.75 Å². The lowest BCUT2D eigenvalue weighted by Gasteiger charge is -2.08. The van der Waals surface area contributed by atoms with E-state index in [9.17, 15) is 19.5 Å². The fourth-order valence-electron chi connectivity index (χ4n) is 2.29. The van der Waals surface area contributed by atoms with E-state index in [2.05, 4.69) is 10.1 Å². The van der Waals surface area contributed by atoms with Gasteiger partial charge < -0.3 is 19.6 Å². The first kappa shape index (κ1) is 16.3. The number of hydrogen-bond donors (Lipinski definition) is 2. The highest BCUT2D eigenvalue weighted by Crippen LogP contribution is 2.25. The summed E-state index contributed by atoms with van der Waals surface area (Å²) in [5.41, 5.74) is -0.445. The Labute approximate surface area is 141 Å². The van der Waals surface area contributed by atoms with Crippen molar-refractivity contribution in [1.29, 1.82) is 0 Å². The molecule has 0 saturated carbocycles. The number of benzene rings is 2. The zero-order valence-corrected chi connectivity index (χ0v) is 13.1. The number of hydrogen-bond acceptors (Lipinski definition) is 6. The van der Waals surface area contributed by atoms with Crippen LogP contribution in [0.1, 0.15) is 20.7 Å². The van der Waals surface area contributed by atoms with Gasteiger partial charge in [-0.25, -0.2) is 9.59 Å². The van der Waals surface area contributed by atoms with Gasteiger partial charge in [-0.1, -0.05) is 18.2 Å². The number of methoxy groups -OCH3 is 1. The maximum Gasteiger partial charge on any atom is 0.349 e. The van der Waals surface area contributed by atoms with Gasteiger partial charge >= 0.3 is 11.6 Å². The maximum atomic E-state index is 12.3. The number of esters is 1. The second-order valence-electron chi connectivity index (χ2n) is 5.16. The van der Waals surface area contributed by atoms with Crippen LogP contribution in [0.3, 0.4) is 0 Å². The summed E-state index contributed by atoms with van der Waals surface area (Å²) >= 11 is 0. The minimum absolute atomic E-state index is 0.0465. The first-order chi connectivity index (χ1) is 12.0. The van der Waals surface area contributed by atoms with Gasteiger partial charge in [0.05, 0.1) is 18.4 Å². The van der Waals surface area contributed by atoms with Crippen molar-refractivity contribution in [3.05, 3.63) is 70.1 Å². The second kappa shape index (κ2) is 6.48. The van der Waals surface area contributed by atoms with Crippen molar-refractivity contribution in [3.8, 4) is 5.75 Å². The molecule has 0 aliphatic heterocycles. The molecule has 0 atom stereocenters. The molecule has 1 heterocycles. The Bertz CT molecular complexity index is 1040. The van der Waals surface area contributed by atoms with Crippen LogP contribution in [0.4, 0.5) is 5.69 Å². The van der Waals surface area contributed by atoms with Crippen LogP contribution in [-0.2, 0) is 4.74 Å². The number of phenols is 1. The number of nitrogens with one attached hydrogen (secondary N) is 1. The minimum atomic E-state index is -0.790. The molecule has 0 bridgehead atoms. The third-order valence-corrected chi connectivity index (χ3v) is 3.55. The molecule has 126 valence electrons. The zero-order valence-electron chi connectivity index (χ0n) is 13.1. The zero-order chi connectivity index (χ0) is 18.0. The van der Waals surface area contributed by atoms with Crippen LogP contribution in [0.25, 0.3) is 11.0 Å². The lowest BCUT2D eigenvalue weighted by atomic mass is 10.1. The Morgan fingerprint density at radius 1 is 1.12 bits per heavy atom. The van der Waals surface area contributed by atoms with Crippen LogP contribution < -0.4 is 10.9 Å². The fraction of sp³-hybridized carbons (Fsp3) is 0.0556. The van der Waals surface area contributed by atoms with E-state index < -0.39 is 17.5 Å². The molecular weight excluding hydrogens is 326 g/mol. The summed E-state index contributed by atoms with van der Waals surface area (Å²) in [7, 11) is 1.22. The number of rotatable bonds is 3. The van der Waals surface area contributed by atoms with Crippen molar-refractivity contribution in [2.75, 3.05) is 12.4 Å². The number of aromatic hydroxyl groups is 1. The van der Waals surface area contributed by atoms with E-state index in [4.69, 9.17) is 4.42 Å². The van der Waals surface area contributed by atoms with E-state index in [1.165, 1.54) is 25.3 Å². The smallest absolute Gasteiger partial charge is 0.349 e. The number of carbonyl (C=O) groups excluding carboxylic acids is 2. The average Bonchev–Trinajstić information content (AvgIpc) is 2.62. The predicted molar refractivity (Wildman–Crippen MR) is 89.9 cm³/mol. The molecular formula is C18H13NO6. The Morgan fingerprint density at radius 3 is 2.60 bits per heavy atom. The van der Waals surface area contributed by atoms with Crippen LogP contribution in [0.15, 0.2) is 57.7 Å². The molecule has 3 aromatic rings. The molecule has 0 fully saturated rings. The third kappa shape index (κ3) is 3.20. The standard InChI is InChI=1S/C18H13NO6/c1-24-17(22)11-6-7-13(14(20)9-11)19-16(21)12-8-10-4-2-3-5-15(10)25-18(12)23/h2-9,20H,1H3,(H,19,21). The van der Waals surface area contributed by atoms with Crippen LogP contribution in [0.2, 0.25) is 0 Å². The van der Waals surface area contributed by atoms with Gasteiger partial charge in [-0.15, -0.1) is 0 Å². The molecule has 2 aromatic carbocycles. The lowest BCUT2D eigenvalue weighted by Crippen LogP contribution is -2.20. The SMILES string of the molecule is COC(=O)c1ccc(NC(=O)c2cc3ccccc3oc2=O)c(O)c1. The Kier molecular flexibility index (Phi) is 4.21. The molecule has 3 rings (SSSR count). The van der Waals surface area contributed by atoms with Gasteiger partial charge in [-0.3, -0.25) is 4.79 Å². The molecule has 0 unspecified atom stereocenters. The molecule has 1 aromatic heterocycles. The number of fused-ring (bicyclic) bond motifs is 1. The number of anilines is 1. The third-order valence-electron chi connectivity index (χ3n) is 3.55. The van der Waals surface area contributed by atoms with Gasteiger partial charge in [0.2, 0.25) is 0 Å². The molecule has 25 heavy (non-hydrogen) atoms. The summed E-state index contributed by atoms with van der Waals surface area (Å²) < 4.78 is 9.65. The fourth-order valence-corrected chi connectivity index (χ4v) is 2.29. The van der Waals surface area contributed by atoms with E-state index in [1.807, 2.05) is 0 Å².